The fraction of sp³-hybridized carbons (Fsp3) is 0.227. The molecule has 0 spiro atoms. The van der Waals surface area contributed by atoms with Gasteiger partial charge in [0.25, 0.3) is 5.91 Å². The molecule has 144 valence electrons. The molecular weight excluding hydrogens is 354 g/mol. The summed E-state index contributed by atoms with van der Waals surface area (Å²) in [5.74, 6) is 3.77. The third-order valence-corrected chi connectivity index (χ3v) is 4.25. The number of hydrogen-bond donors (Lipinski definition) is 3. The van der Waals surface area contributed by atoms with Crippen LogP contribution in [0.25, 0.3) is 0 Å². The highest BCUT2D eigenvalue weighted by atomic mass is 16.5. The van der Waals surface area contributed by atoms with E-state index in [2.05, 4.69) is 17.2 Å². The molecule has 0 saturated heterocycles. The van der Waals surface area contributed by atoms with Gasteiger partial charge in [0.15, 0.2) is 0 Å². The Morgan fingerprint density at radius 1 is 1.18 bits per heavy atom. The number of esters is 1. The molecule has 0 radical (unpaired) electrons. The number of nitrogens with two attached hydrogens (primary N) is 1. The Morgan fingerprint density at radius 3 is 2.54 bits per heavy atom. The monoisotopic (exact) mass is 377 g/mol. The summed E-state index contributed by atoms with van der Waals surface area (Å²) >= 11 is 0. The van der Waals surface area contributed by atoms with Crippen molar-refractivity contribution in [2.75, 3.05) is 7.11 Å². The molecule has 0 aliphatic rings. The van der Waals surface area contributed by atoms with Gasteiger partial charge in [0, 0.05) is 23.1 Å². The van der Waals surface area contributed by atoms with E-state index in [0.717, 1.165) is 11.1 Å². The molecule has 0 fully saturated rings. The van der Waals surface area contributed by atoms with Crippen LogP contribution in [-0.2, 0) is 20.7 Å². The first-order valence-corrected chi connectivity index (χ1v) is 8.79. The summed E-state index contributed by atoms with van der Waals surface area (Å²) in [5, 5.41) is 10.3. The zero-order chi connectivity index (χ0) is 20.5. The Morgan fingerprint density at radius 2 is 1.89 bits per heavy atom. The van der Waals surface area contributed by atoms with E-state index in [4.69, 9.17) is 15.9 Å². The molecule has 6 heteroatoms. The van der Waals surface area contributed by atoms with E-state index in [1.165, 1.54) is 7.11 Å². The van der Waals surface area contributed by atoms with Gasteiger partial charge in [-0.2, -0.15) is 0 Å². The zero-order valence-corrected chi connectivity index (χ0v) is 15.9. The molecule has 2 aromatic rings. The molecule has 1 amide bonds. The number of nitrogens with one attached hydrogen (secondary N) is 2. The van der Waals surface area contributed by atoms with Gasteiger partial charge in [0.1, 0.15) is 5.84 Å². The number of carbonyl (C=O) groups is 2. The number of hydrogen-bond acceptors (Lipinski definition) is 4. The van der Waals surface area contributed by atoms with Gasteiger partial charge < -0.3 is 15.8 Å². The van der Waals surface area contributed by atoms with Crippen molar-refractivity contribution < 1.29 is 14.3 Å². The molecule has 6 nitrogen and oxygen atoms in total. The van der Waals surface area contributed by atoms with E-state index in [-0.39, 0.29) is 5.84 Å². The summed E-state index contributed by atoms with van der Waals surface area (Å²) < 4.78 is 4.90. The molecule has 2 rings (SSSR count). The lowest BCUT2D eigenvalue weighted by atomic mass is 9.92. The largest absolute Gasteiger partial charge is 0.469 e. The molecule has 0 heterocycles. The molecule has 0 aliphatic carbocycles. The molecule has 0 aliphatic heterocycles. The van der Waals surface area contributed by atoms with Gasteiger partial charge >= 0.3 is 5.97 Å². The lowest BCUT2D eigenvalue weighted by Crippen LogP contribution is -2.42. The second-order valence-electron chi connectivity index (χ2n) is 6.33. The lowest BCUT2D eigenvalue weighted by molar-refractivity contribution is -0.146. The SMILES string of the molecule is COC(=O)C(Cc1cccc(C(=N)N)c1)C(C)NC(=O)C#Cc1ccccc1. The minimum atomic E-state index is -0.602. The number of carbonyl (C=O) groups excluding carboxylic acids is 2. The number of amides is 1. The van der Waals surface area contributed by atoms with Crippen LogP contribution in [0, 0.1) is 23.2 Å². The molecule has 2 aromatic carbocycles. The Hall–Kier alpha value is -3.59. The van der Waals surface area contributed by atoms with Crippen LogP contribution in [0.5, 0.6) is 0 Å². The van der Waals surface area contributed by atoms with Crippen molar-refractivity contribution in [3.8, 4) is 11.8 Å². The molecular formula is C22H23N3O3. The maximum atomic E-state index is 12.3. The first-order valence-electron chi connectivity index (χ1n) is 8.79. The minimum Gasteiger partial charge on any atom is -0.469 e. The van der Waals surface area contributed by atoms with E-state index in [1.807, 2.05) is 36.4 Å². The van der Waals surface area contributed by atoms with E-state index in [0.29, 0.717) is 12.0 Å². The van der Waals surface area contributed by atoms with Crippen molar-refractivity contribution in [2.24, 2.45) is 11.7 Å². The second kappa shape index (κ2) is 9.93. The predicted molar refractivity (Wildman–Crippen MR) is 108 cm³/mol. The van der Waals surface area contributed by atoms with Crippen molar-refractivity contribution in [3.05, 3.63) is 71.3 Å². The van der Waals surface area contributed by atoms with Crippen LogP contribution in [0.15, 0.2) is 54.6 Å². The Kier molecular flexibility index (Phi) is 7.35. The number of ether oxygens (including phenoxy) is 1. The Labute approximate surface area is 164 Å². The first kappa shape index (κ1) is 20.7. The fourth-order valence-electron chi connectivity index (χ4n) is 2.73. The van der Waals surface area contributed by atoms with Crippen LogP contribution in [0.1, 0.15) is 23.6 Å². The molecule has 0 saturated carbocycles. The average molecular weight is 377 g/mol. The van der Waals surface area contributed by atoms with Gasteiger partial charge in [0.05, 0.1) is 13.0 Å². The van der Waals surface area contributed by atoms with Gasteiger partial charge in [-0.25, -0.2) is 0 Å². The van der Waals surface area contributed by atoms with Crippen molar-refractivity contribution in [1.82, 2.24) is 5.32 Å². The van der Waals surface area contributed by atoms with Gasteiger partial charge in [0.2, 0.25) is 0 Å². The maximum absolute atomic E-state index is 12.3. The molecule has 0 bridgehead atoms. The summed E-state index contributed by atoms with van der Waals surface area (Å²) in [7, 11) is 1.31. The van der Waals surface area contributed by atoms with Crippen LogP contribution < -0.4 is 11.1 Å². The zero-order valence-electron chi connectivity index (χ0n) is 15.9. The summed E-state index contributed by atoms with van der Waals surface area (Å²) in [4.78, 5) is 24.4. The molecule has 4 N–H and O–H groups in total. The third-order valence-electron chi connectivity index (χ3n) is 4.25. The highest BCUT2D eigenvalue weighted by Gasteiger charge is 2.27. The van der Waals surface area contributed by atoms with Gasteiger partial charge in [-0.05, 0) is 37.1 Å². The van der Waals surface area contributed by atoms with Gasteiger partial charge in [-0.1, -0.05) is 42.3 Å². The van der Waals surface area contributed by atoms with Crippen LogP contribution >= 0.6 is 0 Å². The number of benzene rings is 2. The predicted octanol–water partition coefficient (Wildman–Crippen LogP) is 1.86. The van der Waals surface area contributed by atoms with Crippen LogP contribution in [-0.4, -0.2) is 30.9 Å². The van der Waals surface area contributed by atoms with Gasteiger partial charge in [-0.15, -0.1) is 0 Å². The first-order chi connectivity index (χ1) is 13.4. The Balaban J connectivity index is 2.11. The van der Waals surface area contributed by atoms with Gasteiger partial charge in [-0.3, -0.25) is 15.0 Å². The Bertz CT molecular complexity index is 913. The van der Waals surface area contributed by atoms with Crippen molar-refractivity contribution in [2.45, 2.75) is 19.4 Å². The van der Waals surface area contributed by atoms with Crippen LogP contribution in [0.2, 0.25) is 0 Å². The summed E-state index contributed by atoms with van der Waals surface area (Å²) in [6, 6.07) is 15.8. The number of methoxy groups -OCH3 is 1. The van der Waals surface area contributed by atoms with Crippen molar-refractivity contribution >= 4 is 17.7 Å². The average Bonchev–Trinajstić information content (AvgIpc) is 2.70. The maximum Gasteiger partial charge on any atom is 0.311 e. The summed E-state index contributed by atoms with van der Waals surface area (Å²) in [6.45, 7) is 1.73. The number of rotatable bonds is 6. The minimum absolute atomic E-state index is 0.0472. The third kappa shape index (κ3) is 5.99. The molecule has 2 atom stereocenters. The standard InChI is InChI=1S/C22H23N3O3/c1-15(25-20(26)12-11-16-7-4-3-5-8-16)19(22(27)28-2)14-17-9-6-10-18(13-17)21(23)24/h3-10,13,15,19H,14H2,1-2H3,(H3,23,24)(H,25,26). The highest BCUT2D eigenvalue weighted by Crippen LogP contribution is 2.16. The van der Waals surface area contributed by atoms with Crippen molar-refractivity contribution in [3.63, 3.8) is 0 Å². The van der Waals surface area contributed by atoms with E-state index < -0.39 is 23.8 Å². The van der Waals surface area contributed by atoms with Crippen LogP contribution in [0.3, 0.4) is 0 Å². The highest BCUT2D eigenvalue weighted by molar-refractivity contribution is 5.95. The number of amidine groups is 1. The topological polar surface area (TPSA) is 105 Å². The van der Waals surface area contributed by atoms with Crippen LogP contribution in [0.4, 0.5) is 0 Å². The van der Waals surface area contributed by atoms with E-state index in [9.17, 15) is 9.59 Å². The molecule has 2 unspecified atom stereocenters. The lowest BCUT2D eigenvalue weighted by Gasteiger charge is -2.22. The van der Waals surface area contributed by atoms with E-state index in [1.54, 1.807) is 25.1 Å². The quantitative estimate of drug-likeness (QED) is 0.309. The van der Waals surface area contributed by atoms with Crippen molar-refractivity contribution in [1.29, 1.82) is 5.41 Å². The fourth-order valence-corrected chi connectivity index (χ4v) is 2.73. The normalized spacial score (nSPS) is 12.1. The second-order valence-corrected chi connectivity index (χ2v) is 6.33. The molecule has 0 aromatic heterocycles. The summed E-state index contributed by atoms with van der Waals surface area (Å²) in [5.41, 5.74) is 7.65. The number of nitrogen functional groups attached to an aromatic ring is 1. The smallest absolute Gasteiger partial charge is 0.311 e. The molecule has 28 heavy (non-hydrogen) atoms. The van der Waals surface area contributed by atoms with E-state index >= 15 is 0 Å². The summed E-state index contributed by atoms with van der Waals surface area (Å²) in [6.07, 6.45) is 0.335.